The second-order valence-corrected chi connectivity index (χ2v) is 7.00. The first-order valence-electron chi connectivity index (χ1n) is 10.1. The van der Waals surface area contributed by atoms with Crippen molar-refractivity contribution in [2.24, 2.45) is 0 Å². The third-order valence-corrected chi connectivity index (χ3v) is 5.01. The van der Waals surface area contributed by atoms with Crippen molar-refractivity contribution >= 4 is 22.5 Å². The number of aryl methyl sites for hydroxylation is 1. The van der Waals surface area contributed by atoms with Crippen molar-refractivity contribution in [1.29, 1.82) is 0 Å². The van der Waals surface area contributed by atoms with Crippen LogP contribution in [0.2, 0.25) is 0 Å². The number of Topliss-reactive ketones (excluding diaryl/α,β-unsaturated/α-hetero) is 1. The molecule has 1 aromatic heterocycles. The van der Waals surface area contributed by atoms with Gasteiger partial charge in [-0.3, -0.25) is 4.79 Å². The molecule has 0 amide bonds. The zero-order chi connectivity index (χ0) is 21.1. The Morgan fingerprint density at radius 3 is 2.57 bits per heavy atom. The Morgan fingerprint density at radius 2 is 1.83 bits per heavy atom. The van der Waals surface area contributed by atoms with E-state index in [1.807, 2.05) is 43.3 Å². The van der Waals surface area contributed by atoms with Crippen LogP contribution in [0.3, 0.4) is 0 Å². The van der Waals surface area contributed by atoms with E-state index in [4.69, 9.17) is 14.2 Å². The summed E-state index contributed by atoms with van der Waals surface area (Å²) in [5.74, 6) is 0.277. The lowest BCUT2D eigenvalue weighted by Gasteiger charge is -2.17. The molecule has 0 spiro atoms. The van der Waals surface area contributed by atoms with Gasteiger partial charge in [0.05, 0.1) is 24.2 Å². The smallest absolute Gasteiger partial charge is 0.357 e. The third-order valence-electron chi connectivity index (χ3n) is 5.01. The first-order chi connectivity index (χ1) is 14.6. The predicted octanol–water partition coefficient (Wildman–Crippen LogP) is 4.52. The molecule has 0 atom stereocenters. The molecule has 0 unspecified atom stereocenters. The topological polar surface area (TPSA) is 74.7 Å². The number of hydrogen-bond donors (Lipinski definition) is 0. The van der Waals surface area contributed by atoms with Crippen molar-refractivity contribution in [1.82, 2.24) is 4.98 Å². The Morgan fingerprint density at radius 1 is 1.03 bits per heavy atom. The number of pyridine rings is 1. The molecule has 0 N–H and O–H groups in total. The molecular weight excluding hydrogens is 382 g/mol. The Hall–Kier alpha value is -3.41. The lowest BCUT2D eigenvalue weighted by atomic mass is 10.0. The van der Waals surface area contributed by atoms with Gasteiger partial charge in [0, 0.05) is 6.42 Å². The van der Waals surface area contributed by atoms with Crippen LogP contribution in [0, 0.1) is 0 Å². The summed E-state index contributed by atoms with van der Waals surface area (Å²) in [5.41, 5.74) is 2.66. The van der Waals surface area contributed by atoms with Gasteiger partial charge in [0.15, 0.2) is 11.5 Å². The Bertz CT molecular complexity index is 1110. The first-order valence-corrected chi connectivity index (χ1v) is 10.1. The number of ketones is 1. The summed E-state index contributed by atoms with van der Waals surface area (Å²) >= 11 is 0. The molecule has 0 saturated heterocycles. The van der Waals surface area contributed by atoms with Crippen molar-refractivity contribution in [3.8, 4) is 11.6 Å². The van der Waals surface area contributed by atoms with Crippen LogP contribution >= 0.6 is 0 Å². The number of carbonyl (C=O) groups excluding carboxylic acids is 2. The molecule has 30 heavy (non-hydrogen) atoms. The largest absolute Gasteiger partial charge is 0.487 e. The summed E-state index contributed by atoms with van der Waals surface area (Å²) in [4.78, 5) is 29.3. The van der Waals surface area contributed by atoms with Gasteiger partial charge in [-0.15, -0.1) is 0 Å². The summed E-state index contributed by atoms with van der Waals surface area (Å²) in [6, 6.07) is 13.4. The van der Waals surface area contributed by atoms with E-state index in [0.29, 0.717) is 42.8 Å². The third kappa shape index (κ3) is 3.73. The minimum atomic E-state index is -0.510. The van der Waals surface area contributed by atoms with E-state index >= 15 is 0 Å². The van der Waals surface area contributed by atoms with E-state index in [-0.39, 0.29) is 24.0 Å². The Kier molecular flexibility index (Phi) is 5.65. The van der Waals surface area contributed by atoms with Gasteiger partial charge in [-0.1, -0.05) is 30.3 Å². The van der Waals surface area contributed by atoms with Crippen LogP contribution in [0.5, 0.6) is 11.6 Å². The molecule has 154 valence electrons. The van der Waals surface area contributed by atoms with Crippen molar-refractivity contribution in [2.75, 3.05) is 13.2 Å². The number of nitrogens with zero attached hydrogens (tertiary/aromatic N) is 1. The van der Waals surface area contributed by atoms with Gasteiger partial charge >= 0.3 is 5.97 Å². The van der Waals surface area contributed by atoms with Gasteiger partial charge in [0.25, 0.3) is 0 Å². The Labute approximate surface area is 174 Å². The fraction of sp³-hybridized carbons (Fsp3) is 0.292. The van der Waals surface area contributed by atoms with Crippen molar-refractivity contribution < 1.29 is 23.8 Å². The van der Waals surface area contributed by atoms with Crippen molar-refractivity contribution in [2.45, 2.75) is 33.3 Å². The van der Waals surface area contributed by atoms with Gasteiger partial charge in [-0.05, 0) is 48.9 Å². The van der Waals surface area contributed by atoms with Crippen LogP contribution in [0.4, 0.5) is 0 Å². The van der Waals surface area contributed by atoms with Crippen LogP contribution < -0.4 is 9.47 Å². The standard InChI is InChI=1S/C24H23NO5/c1-3-28-23-21-17(13-18(25-23)24(27)29-4-2)12-16-10-11-19(26)20(16)22(21)30-14-15-8-6-5-7-9-15/h5-9,12-13H,3-4,10-11,14H2,1-2H3. The number of hydrogen-bond acceptors (Lipinski definition) is 6. The van der Waals surface area contributed by atoms with Crippen LogP contribution in [0.25, 0.3) is 10.8 Å². The summed E-state index contributed by atoms with van der Waals surface area (Å²) in [6.45, 7) is 4.51. The molecule has 0 radical (unpaired) electrons. The summed E-state index contributed by atoms with van der Waals surface area (Å²) < 4.78 is 17.1. The summed E-state index contributed by atoms with van der Waals surface area (Å²) in [6.07, 6.45) is 1.09. The van der Waals surface area contributed by atoms with Crippen molar-refractivity contribution in [3.05, 3.63) is 64.8 Å². The van der Waals surface area contributed by atoms with Crippen molar-refractivity contribution in [3.63, 3.8) is 0 Å². The van der Waals surface area contributed by atoms with Crippen LogP contribution in [-0.4, -0.2) is 30.0 Å². The molecule has 1 aliphatic carbocycles. The fourth-order valence-corrected chi connectivity index (χ4v) is 3.71. The van der Waals surface area contributed by atoms with E-state index in [1.54, 1.807) is 13.0 Å². The van der Waals surface area contributed by atoms with Gasteiger partial charge < -0.3 is 14.2 Å². The SMILES string of the molecule is CCOC(=O)c1cc2cc3c(c(OCc4ccccc4)c2c(OCC)n1)C(=O)CC3. The number of carbonyl (C=O) groups is 2. The zero-order valence-corrected chi connectivity index (χ0v) is 17.1. The highest BCUT2D eigenvalue weighted by Gasteiger charge is 2.29. The highest BCUT2D eigenvalue weighted by atomic mass is 16.5. The monoisotopic (exact) mass is 405 g/mol. The highest BCUT2D eigenvalue weighted by molar-refractivity contribution is 6.10. The molecule has 3 aromatic rings. The minimum absolute atomic E-state index is 0.0480. The average Bonchev–Trinajstić information content (AvgIpc) is 3.12. The van der Waals surface area contributed by atoms with E-state index in [2.05, 4.69) is 4.98 Å². The predicted molar refractivity (Wildman–Crippen MR) is 112 cm³/mol. The highest BCUT2D eigenvalue weighted by Crippen LogP contribution is 2.42. The van der Waals surface area contributed by atoms with Crippen LogP contribution in [0.1, 0.15) is 52.2 Å². The number of rotatable bonds is 7. The molecule has 0 bridgehead atoms. The molecule has 1 heterocycles. The summed E-state index contributed by atoms with van der Waals surface area (Å²) in [5, 5.41) is 1.35. The second kappa shape index (κ2) is 8.53. The molecule has 0 aliphatic heterocycles. The molecule has 0 saturated carbocycles. The average molecular weight is 405 g/mol. The van der Waals surface area contributed by atoms with Gasteiger partial charge in [0.2, 0.25) is 5.88 Å². The number of esters is 1. The number of ether oxygens (including phenoxy) is 3. The normalized spacial score (nSPS) is 12.7. The number of fused-ring (bicyclic) bond motifs is 2. The number of benzene rings is 2. The molecule has 6 nitrogen and oxygen atoms in total. The molecule has 2 aromatic carbocycles. The maximum Gasteiger partial charge on any atom is 0.357 e. The lowest BCUT2D eigenvalue weighted by Crippen LogP contribution is -2.10. The zero-order valence-electron chi connectivity index (χ0n) is 17.1. The van der Waals surface area contributed by atoms with E-state index in [0.717, 1.165) is 16.5 Å². The molecular formula is C24H23NO5. The minimum Gasteiger partial charge on any atom is -0.487 e. The molecule has 1 aliphatic rings. The maximum absolute atomic E-state index is 12.7. The molecule has 0 fully saturated rings. The van der Waals surface area contributed by atoms with Gasteiger partial charge in [-0.2, -0.15) is 0 Å². The Balaban J connectivity index is 1.89. The van der Waals surface area contributed by atoms with E-state index < -0.39 is 5.97 Å². The number of aromatic nitrogens is 1. The van der Waals surface area contributed by atoms with Crippen LogP contribution in [0.15, 0.2) is 42.5 Å². The quantitative estimate of drug-likeness (QED) is 0.538. The summed E-state index contributed by atoms with van der Waals surface area (Å²) in [7, 11) is 0. The second-order valence-electron chi connectivity index (χ2n) is 7.00. The van der Waals surface area contributed by atoms with Crippen LogP contribution in [-0.2, 0) is 17.8 Å². The fourth-order valence-electron chi connectivity index (χ4n) is 3.71. The lowest BCUT2D eigenvalue weighted by molar-refractivity contribution is 0.0518. The van der Waals surface area contributed by atoms with E-state index in [9.17, 15) is 9.59 Å². The molecule has 4 rings (SSSR count). The molecule has 6 heteroatoms. The first kappa shape index (κ1) is 19.9. The maximum atomic E-state index is 12.7. The van der Waals surface area contributed by atoms with E-state index in [1.165, 1.54) is 0 Å². The van der Waals surface area contributed by atoms with Gasteiger partial charge in [-0.25, -0.2) is 9.78 Å². The van der Waals surface area contributed by atoms with Gasteiger partial charge in [0.1, 0.15) is 12.4 Å².